The lowest BCUT2D eigenvalue weighted by Crippen LogP contribution is -2.33. The van der Waals surface area contributed by atoms with Crippen LogP contribution in [0.4, 0.5) is 5.69 Å². The number of ether oxygens (including phenoxy) is 1. The lowest BCUT2D eigenvalue weighted by atomic mass is 10.0. The van der Waals surface area contributed by atoms with Crippen molar-refractivity contribution >= 4 is 34.2 Å². The van der Waals surface area contributed by atoms with Gasteiger partial charge in [-0.25, -0.2) is 0 Å². The van der Waals surface area contributed by atoms with Crippen LogP contribution in [0.3, 0.4) is 0 Å². The first-order valence-corrected chi connectivity index (χ1v) is 10.2. The Labute approximate surface area is 169 Å². The first-order chi connectivity index (χ1) is 13.7. The molecule has 2 aromatic rings. The third-order valence-electron chi connectivity index (χ3n) is 4.27. The van der Waals surface area contributed by atoms with E-state index in [0.717, 1.165) is 34.3 Å². The second-order valence-electron chi connectivity index (χ2n) is 6.14. The van der Waals surface area contributed by atoms with Gasteiger partial charge in [-0.15, -0.1) is 0 Å². The molecule has 0 aliphatic carbocycles. The van der Waals surface area contributed by atoms with Crippen molar-refractivity contribution in [1.82, 2.24) is 4.98 Å². The van der Waals surface area contributed by atoms with E-state index in [2.05, 4.69) is 16.8 Å². The molecule has 1 aliphatic heterocycles. The van der Waals surface area contributed by atoms with Gasteiger partial charge in [0.25, 0.3) is 0 Å². The molecule has 0 atom stereocenters. The van der Waals surface area contributed by atoms with Crippen LogP contribution in [-0.4, -0.2) is 35.0 Å². The number of carbonyl (C=O) groups excluding carboxylic acids is 1. The summed E-state index contributed by atoms with van der Waals surface area (Å²) in [6, 6.07) is 11.8. The fourth-order valence-corrected chi connectivity index (χ4v) is 3.81. The van der Waals surface area contributed by atoms with Crippen molar-refractivity contribution in [3.05, 3.63) is 59.9 Å². The first-order valence-electron chi connectivity index (χ1n) is 9.25. The Hall–Kier alpha value is -2.80. The zero-order valence-electron chi connectivity index (χ0n) is 16.1. The van der Waals surface area contributed by atoms with E-state index in [9.17, 15) is 4.79 Å². The lowest BCUT2D eigenvalue weighted by molar-refractivity contribution is -0.115. The Bertz CT molecular complexity index is 896. The Kier molecular flexibility index (Phi) is 6.71. The number of amides is 1. The van der Waals surface area contributed by atoms with Crippen molar-refractivity contribution < 1.29 is 9.53 Å². The van der Waals surface area contributed by atoms with Gasteiger partial charge in [0, 0.05) is 18.0 Å². The minimum Gasteiger partial charge on any atom is -0.492 e. The van der Waals surface area contributed by atoms with Gasteiger partial charge in [-0.3, -0.25) is 19.7 Å². The third kappa shape index (κ3) is 4.36. The van der Waals surface area contributed by atoms with E-state index in [-0.39, 0.29) is 11.7 Å². The summed E-state index contributed by atoms with van der Waals surface area (Å²) in [5.41, 5.74) is 9.50. The van der Waals surface area contributed by atoms with E-state index >= 15 is 0 Å². The van der Waals surface area contributed by atoms with Crippen LogP contribution in [0.5, 0.6) is 5.75 Å². The van der Waals surface area contributed by atoms with Gasteiger partial charge in [-0.2, -0.15) is 0 Å². The van der Waals surface area contributed by atoms with Crippen molar-refractivity contribution in [2.45, 2.75) is 20.3 Å². The molecule has 2 N–H and O–H groups in total. The molecule has 1 aromatic carbocycles. The topological polar surface area (TPSA) is 80.8 Å². The molecule has 146 valence electrons. The van der Waals surface area contributed by atoms with E-state index in [1.807, 2.05) is 49.5 Å². The fraction of sp³-hybridized carbons (Fsp3) is 0.286. The van der Waals surface area contributed by atoms with Crippen molar-refractivity contribution in [2.24, 2.45) is 10.7 Å². The van der Waals surface area contributed by atoms with E-state index in [0.29, 0.717) is 13.2 Å². The monoisotopic (exact) mass is 396 g/mol. The fourth-order valence-electron chi connectivity index (χ4n) is 3.07. The Morgan fingerprint density at radius 2 is 2.07 bits per heavy atom. The number of amidine groups is 1. The molecule has 6 nitrogen and oxygen atoms in total. The number of anilines is 1. The van der Waals surface area contributed by atoms with Crippen molar-refractivity contribution in [1.29, 1.82) is 0 Å². The van der Waals surface area contributed by atoms with Gasteiger partial charge in [0.15, 0.2) is 5.17 Å². The second kappa shape index (κ2) is 9.41. The minimum absolute atomic E-state index is 0.161. The summed E-state index contributed by atoms with van der Waals surface area (Å²) in [6.07, 6.45) is 4.46. The second-order valence-corrected chi connectivity index (χ2v) is 7.08. The van der Waals surface area contributed by atoms with E-state index in [1.54, 1.807) is 6.20 Å². The summed E-state index contributed by atoms with van der Waals surface area (Å²) in [6.45, 7) is 5.21. The van der Waals surface area contributed by atoms with Gasteiger partial charge in [0.1, 0.15) is 5.75 Å². The summed E-state index contributed by atoms with van der Waals surface area (Å²) >= 11 is 1.34. The van der Waals surface area contributed by atoms with Crippen molar-refractivity contribution in [3.63, 3.8) is 0 Å². The number of nitrogens with two attached hydrogens (primary N) is 1. The standard InChI is InChI=1S/C21H24N4O2S/c1-3-15-13-24-21(28-14-19(22)26)25(20(15)16-8-7-11-23-12-16)17-9-5-6-10-18(17)27-4-2/h5-12H,3-4,13-14H2,1-2H3,(H2,22,26). The maximum Gasteiger partial charge on any atom is 0.227 e. The molecule has 1 amide bonds. The predicted molar refractivity (Wildman–Crippen MR) is 115 cm³/mol. The molecule has 0 saturated carbocycles. The number of rotatable bonds is 7. The zero-order chi connectivity index (χ0) is 19.9. The number of nitrogens with zero attached hydrogens (tertiary/aromatic N) is 3. The summed E-state index contributed by atoms with van der Waals surface area (Å²) in [5, 5.41) is 0.724. The third-order valence-corrected chi connectivity index (χ3v) is 5.26. The average molecular weight is 397 g/mol. The molecule has 0 fully saturated rings. The molecule has 1 aromatic heterocycles. The van der Waals surface area contributed by atoms with Crippen LogP contribution in [0.25, 0.3) is 5.70 Å². The SMILES string of the molecule is CCOc1ccccc1N1C(SCC(N)=O)=NCC(CC)=C1c1cccnc1. The van der Waals surface area contributed by atoms with Crippen LogP contribution >= 0.6 is 11.8 Å². The van der Waals surface area contributed by atoms with Crippen LogP contribution in [0.15, 0.2) is 59.4 Å². The minimum atomic E-state index is -0.376. The zero-order valence-corrected chi connectivity index (χ0v) is 16.9. The van der Waals surface area contributed by atoms with Gasteiger partial charge in [0.2, 0.25) is 5.91 Å². The number of carbonyl (C=O) groups is 1. The number of primary amides is 1. The van der Waals surface area contributed by atoms with Crippen LogP contribution in [0.1, 0.15) is 25.8 Å². The molecule has 0 bridgehead atoms. The van der Waals surface area contributed by atoms with Gasteiger partial charge in [0.05, 0.1) is 30.3 Å². The Balaban J connectivity index is 2.16. The highest BCUT2D eigenvalue weighted by Gasteiger charge is 2.29. The summed E-state index contributed by atoms with van der Waals surface area (Å²) in [7, 11) is 0. The number of aliphatic imine (C=N–C) groups is 1. The number of pyridine rings is 1. The molecule has 0 unspecified atom stereocenters. The van der Waals surface area contributed by atoms with Gasteiger partial charge in [-0.1, -0.05) is 30.8 Å². The van der Waals surface area contributed by atoms with E-state index in [4.69, 9.17) is 15.5 Å². The number of thioether (sulfide) groups is 1. The average Bonchev–Trinajstić information content (AvgIpc) is 2.73. The molecule has 7 heteroatoms. The normalized spacial score (nSPS) is 14.1. The smallest absolute Gasteiger partial charge is 0.227 e. The number of para-hydroxylation sites is 2. The molecule has 3 rings (SSSR count). The molecular formula is C21H24N4O2S. The highest BCUT2D eigenvalue weighted by molar-refractivity contribution is 8.14. The molecular weight excluding hydrogens is 372 g/mol. The molecule has 2 heterocycles. The maximum atomic E-state index is 11.4. The Morgan fingerprint density at radius 1 is 1.25 bits per heavy atom. The van der Waals surface area contributed by atoms with Gasteiger partial charge in [-0.05, 0) is 43.2 Å². The first kappa shape index (κ1) is 19.9. The predicted octanol–water partition coefficient (Wildman–Crippen LogP) is 3.70. The van der Waals surface area contributed by atoms with Crippen LogP contribution < -0.4 is 15.4 Å². The van der Waals surface area contributed by atoms with Crippen LogP contribution in [-0.2, 0) is 4.79 Å². The van der Waals surface area contributed by atoms with E-state index < -0.39 is 0 Å². The quantitative estimate of drug-likeness (QED) is 0.772. The molecule has 0 saturated heterocycles. The van der Waals surface area contributed by atoms with Crippen LogP contribution in [0.2, 0.25) is 0 Å². The molecule has 0 radical (unpaired) electrons. The van der Waals surface area contributed by atoms with Gasteiger partial charge < -0.3 is 10.5 Å². The van der Waals surface area contributed by atoms with Crippen LogP contribution in [0, 0.1) is 0 Å². The number of hydrogen-bond acceptors (Lipinski definition) is 6. The van der Waals surface area contributed by atoms with Crippen molar-refractivity contribution in [3.8, 4) is 5.75 Å². The van der Waals surface area contributed by atoms with E-state index in [1.165, 1.54) is 17.3 Å². The van der Waals surface area contributed by atoms with Gasteiger partial charge >= 0.3 is 0 Å². The number of hydrogen-bond donors (Lipinski definition) is 1. The summed E-state index contributed by atoms with van der Waals surface area (Å²) in [5.74, 6) is 0.545. The maximum absolute atomic E-state index is 11.4. The number of benzene rings is 1. The Morgan fingerprint density at radius 3 is 2.75 bits per heavy atom. The molecule has 0 spiro atoms. The largest absolute Gasteiger partial charge is 0.492 e. The molecule has 1 aliphatic rings. The highest BCUT2D eigenvalue weighted by atomic mass is 32.2. The molecule has 28 heavy (non-hydrogen) atoms. The summed E-state index contributed by atoms with van der Waals surface area (Å²) in [4.78, 5) is 22.5. The van der Waals surface area contributed by atoms with Crippen molar-refractivity contribution in [2.75, 3.05) is 23.8 Å². The lowest BCUT2D eigenvalue weighted by Gasteiger charge is -2.34. The summed E-state index contributed by atoms with van der Waals surface area (Å²) < 4.78 is 5.88. The highest BCUT2D eigenvalue weighted by Crippen LogP contribution is 2.40. The number of aromatic nitrogens is 1.